The molecule has 0 bridgehead atoms. The first-order valence-corrected chi connectivity index (χ1v) is 10.9. The normalized spacial score (nSPS) is 17.1. The van der Waals surface area contributed by atoms with Crippen molar-refractivity contribution in [3.63, 3.8) is 0 Å². The van der Waals surface area contributed by atoms with Crippen LogP contribution in [0.15, 0.2) is 48.5 Å². The molecule has 2 aliphatic heterocycles. The second-order valence-corrected chi connectivity index (χ2v) is 7.59. The van der Waals surface area contributed by atoms with Crippen LogP contribution in [0.4, 0.5) is 5.69 Å². The average Bonchev–Trinajstić information content (AvgIpc) is 3.23. The molecule has 2 N–H and O–H groups in total. The van der Waals surface area contributed by atoms with Crippen LogP contribution in [0.2, 0.25) is 0 Å². The van der Waals surface area contributed by atoms with Gasteiger partial charge in [-0.05, 0) is 18.2 Å². The number of hydrogen-bond acceptors (Lipinski definition) is 7. The Morgan fingerprint density at radius 2 is 1.27 bits per heavy atom. The van der Waals surface area contributed by atoms with Crippen LogP contribution in [-0.4, -0.2) is 80.2 Å². The molecule has 2 heterocycles. The third-order valence-corrected chi connectivity index (χ3v) is 5.52. The molecule has 33 heavy (non-hydrogen) atoms. The van der Waals surface area contributed by atoms with E-state index in [4.69, 9.17) is 9.47 Å². The molecule has 10 heteroatoms. The molecule has 174 valence electrons. The predicted octanol–water partition coefficient (Wildman–Crippen LogP) is -0.00940. The van der Waals surface area contributed by atoms with Crippen molar-refractivity contribution in [3.8, 4) is 0 Å². The maximum atomic E-state index is 12.3. The summed E-state index contributed by atoms with van der Waals surface area (Å²) in [5.41, 5.74) is 1.75. The van der Waals surface area contributed by atoms with E-state index in [-0.39, 0.29) is 49.2 Å². The largest absolute Gasteiger partial charge is 0.602 e. The lowest BCUT2D eigenvalue weighted by atomic mass is 10.1. The van der Waals surface area contributed by atoms with Gasteiger partial charge in [0.05, 0.1) is 50.6 Å². The van der Waals surface area contributed by atoms with E-state index in [1.165, 1.54) is 9.91 Å². The molecule has 2 aromatic carbocycles. The number of nitrogens with zero attached hydrogens (tertiary/aromatic N) is 2. The third-order valence-electron chi connectivity index (χ3n) is 5.52. The zero-order chi connectivity index (χ0) is 23.2. The van der Waals surface area contributed by atoms with E-state index in [2.05, 4.69) is 5.32 Å². The van der Waals surface area contributed by atoms with Gasteiger partial charge in [0.15, 0.2) is 5.69 Å². The van der Waals surface area contributed by atoms with Gasteiger partial charge in [0, 0.05) is 19.2 Å². The van der Waals surface area contributed by atoms with Crippen molar-refractivity contribution >= 4 is 23.4 Å². The Hall–Kier alpha value is -3.15. The Balaban J connectivity index is 1.02. The molecule has 0 saturated heterocycles. The predicted molar refractivity (Wildman–Crippen MR) is 118 cm³/mol. The maximum Gasteiger partial charge on any atom is 0.305 e. The van der Waals surface area contributed by atoms with Gasteiger partial charge in [-0.3, -0.25) is 19.3 Å². The summed E-state index contributed by atoms with van der Waals surface area (Å²) >= 11 is 0. The number of fused-ring (bicyclic) bond motifs is 2. The van der Waals surface area contributed by atoms with Crippen molar-refractivity contribution in [2.75, 3.05) is 52.6 Å². The SMILES string of the molecule is O=C1c2ccccc2C(=O)N1CCOCCNCCOCCN1C(=O)c2ccccc2[NH+]1[O-]. The lowest BCUT2D eigenvalue weighted by Gasteiger charge is -2.26. The van der Waals surface area contributed by atoms with Gasteiger partial charge in [-0.25, -0.2) is 5.17 Å². The van der Waals surface area contributed by atoms with Gasteiger partial charge < -0.3 is 20.0 Å². The first-order chi connectivity index (χ1) is 16.1. The Morgan fingerprint density at radius 1 is 0.727 bits per heavy atom. The molecule has 0 saturated carbocycles. The molecule has 10 nitrogen and oxygen atoms in total. The van der Waals surface area contributed by atoms with Crippen LogP contribution in [0.25, 0.3) is 0 Å². The minimum absolute atomic E-state index is 0.216. The molecule has 1 atom stereocenters. The highest BCUT2D eigenvalue weighted by atomic mass is 16.6. The first kappa shape index (κ1) is 23.0. The van der Waals surface area contributed by atoms with Crippen molar-refractivity contribution in [1.29, 1.82) is 0 Å². The number of imide groups is 1. The number of carbonyl (C=O) groups is 3. The van der Waals surface area contributed by atoms with E-state index in [0.29, 0.717) is 48.7 Å². The molecule has 2 aliphatic rings. The van der Waals surface area contributed by atoms with Crippen molar-refractivity contribution in [2.24, 2.45) is 0 Å². The maximum absolute atomic E-state index is 12.3. The third kappa shape index (κ3) is 4.95. The van der Waals surface area contributed by atoms with Crippen LogP contribution in [-0.2, 0) is 9.47 Å². The number of nitrogens with one attached hydrogen (secondary N) is 2. The summed E-state index contributed by atoms with van der Waals surface area (Å²) in [6.45, 7) is 3.00. The van der Waals surface area contributed by atoms with Crippen LogP contribution < -0.4 is 10.5 Å². The van der Waals surface area contributed by atoms with E-state index in [9.17, 15) is 19.6 Å². The molecule has 2 aromatic rings. The highest BCUT2D eigenvalue weighted by Gasteiger charge is 2.35. The second kappa shape index (κ2) is 10.6. The summed E-state index contributed by atoms with van der Waals surface area (Å²) < 4.78 is 11.0. The van der Waals surface area contributed by atoms with Gasteiger partial charge in [0.1, 0.15) is 5.56 Å². The quantitative estimate of drug-likeness (QED) is 0.263. The second-order valence-electron chi connectivity index (χ2n) is 7.59. The van der Waals surface area contributed by atoms with E-state index in [0.717, 1.165) is 0 Å². The number of hydrogen-bond donors (Lipinski definition) is 2. The summed E-state index contributed by atoms with van der Waals surface area (Å²) in [7, 11) is 0. The zero-order valence-corrected chi connectivity index (χ0v) is 18.1. The monoisotopic (exact) mass is 454 g/mol. The first-order valence-electron chi connectivity index (χ1n) is 10.9. The number of carbonyl (C=O) groups excluding carboxylic acids is 3. The van der Waals surface area contributed by atoms with Crippen LogP contribution >= 0.6 is 0 Å². The Kier molecular flexibility index (Phi) is 7.43. The summed E-state index contributed by atoms with van der Waals surface area (Å²) in [5, 5.41) is 16.3. The van der Waals surface area contributed by atoms with Gasteiger partial charge in [-0.2, -0.15) is 5.01 Å². The van der Waals surface area contributed by atoms with Crippen molar-refractivity contribution in [3.05, 3.63) is 70.4 Å². The molecule has 0 aromatic heterocycles. The molecular weight excluding hydrogens is 428 g/mol. The van der Waals surface area contributed by atoms with Gasteiger partial charge in [0.25, 0.3) is 11.8 Å². The zero-order valence-electron chi connectivity index (χ0n) is 18.1. The topological polar surface area (TPSA) is 116 Å². The van der Waals surface area contributed by atoms with Crippen LogP contribution in [0, 0.1) is 5.21 Å². The summed E-state index contributed by atoms with van der Waals surface area (Å²) in [6, 6.07) is 13.6. The number of benzene rings is 2. The minimum Gasteiger partial charge on any atom is -0.602 e. The number of ether oxygens (including phenoxy) is 2. The molecule has 1 unspecified atom stereocenters. The minimum atomic E-state index is -0.282. The smallest absolute Gasteiger partial charge is 0.305 e. The van der Waals surface area contributed by atoms with E-state index in [1.807, 2.05) is 0 Å². The van der Waals surface area contributed by atoms with Crippen molar-refractivity contribution in [2.45, 2.75) is 0 Å². The molecule has 4 rings (SSSR count). The molecule has 3 amide bonds. The fourth-order valence-corrected chi connectivity index (χ4v) is 3.81. The fraction of sp³-hybridized carbons (Fsp3) is 0.348. The summed E-state index contributed by atoms with van der Waals surface area (Å²) in [4.78, 5) is 38.0. The Labute approximate surface area is 191 Å². The fourth-order valence-electron chi connectivity index (χ4n) is 3.81. The van der Waals surface area contributed by atoms with Gasteiger partial charge in [-0.15, -0.1) is 0 Å². The number of rotatable bonds is 12. The van der Waals surface area contributed by atoms with Crippen molar-refractivity contribution < 1.29 is 29.0 Å². The number of amides is 3. The van der Waals surface area contributed by atoms with E-state index in [1.54, 1.807) is 48.5 Å². The summed E-state index contributed by atoms with van der Waals surface area (Å²) in [6.07, 6.45) is 0. The van der Waals surface area contributed by atoms with Crippen LogP contribution in [0.3, 0.4) is 0 Å². The van der Waals surface area contributed by atoms with Crippen LogP contribution in [0.5, 0.6) is 0 Å². The van der Waals surface area contributed by atoms with E-state index < -0.39 is 0 Å². The Bertz CT molecular complexity index is 995. The van der Waals surface area contributed by atoms with E-state index >= 15 is 0 Å². The molecule has 0 spiro atoms. The molecule has 0 radical (unpaired) electrons. The molecule has 0 fully saturated rings. The van der Waals surface area contributed by atoms with Gasteiger partial charge >= 0.3 is 5.91 Å². The van der Waals surface area contributed by atoms with Crippen LogP contribution in [0.1, 0.15) is 31.1 Å². The highest BCUT2D eigenvalue weighted by Crippen LogP contribution is 2.22. The van der Waals surface area contributed by atoms with Gasteiger partial charge in [0.2, 0.25) is 0 Å². The average molecular weight is 454 g/mol. The molecule has 0 aliphatic carbocycles. The lowest BCUT2D eigenvalue weighted by molar-refractivity contribution is -0.890. The number of quaternary nitrogens is 1. The highest BCUT2D eigenvalue weighted by molar-refractivity contribution is 6.21. The van der Waals surface area contributed by atoms with Gasteiger partial charge in [-0.1, -0.05) is 24.3 Å². The standard InChI is InChI=1S/C23H26N4O6/c28-21-17-5-1-2-6-18(17)22(29)25(21)11-15-32-13-9-24-10-14-33-16-12-26-23(30)19-7-3-4-8-20(19)27(26)31/h1-8,24,27H,9-16H2. The summed E-state index contributed by atoms with van der Waals surface area (Å²) in [5.74, 6) is -0.845. The van der Waals surface area contributed by atoms with Crippen molar-refractivity contribution in [1.82, 2.24) is 15.2 Å². The molecular formula is C23H26N4O6. The Morgan fingerprint density at radius 3 is 1.88 bits per heavy atom. The lowest BCUT2D eigenvalue weighted by Crippen LogP contribution is -3.08.